The van der Waals surface area contributed by atoms with Crippen LogP contribution in [-0.4, -0.2) is 6.54 Å². The summed E-state index contributed by atoms with van der Waals surface area (Å²) in [6.45, 7) is 6.89. The molecule has 0 rings (SSSR count). The van der Waals surface area contributed by atoms with Crippen LogP contribution in [0.25, 0.3) is 0 Å². The molecule has 1 N–H and O–H groups in total. The Morgan fingerprint density at radius 2 is 2.30 bits per heavy atom. The van der Waals surface area contributed by atoms with Gasteiger partial charge in [-0.3, -0.25) is 0 Å². The second-order valence-electron chi connectivity index (χ2n) is 2.47. The molecule has 0 aliphatic carbocycles. The molecule has 0 aromatic carbocycles. The number of hydrogen-bond donors (Lipinski definition) is 1. The standard InChI is InChI=1S/C8H14N2/c1-4-10-8(6-9)5-7(2)3/h5,7,10H,4H2,1-3H3/b8-5-. The predicted molar refractivity (Wildman–Crippen MR) is 42.2 cm³/mol. The van der Waals surface area contributed by atoms with Gasteiger partial charge < -0.3 is 5.32 Å². The van der Waals surface area contributed by atoms with Gasteiger partial charge in [-0.25, -0.2) is 0 Å². The van der Waals surface area contributed by atoms with Gasteiger partial charge in [0.1, 0.15) is 11.8 Å². The fraction of sp³-hybridized carbons (Fsp3) is 0.625. The van der Waals surface area contributed by atoms with Crippen molar-refractivity contribution in [3.63, 3.8) is 0 Å². The second-order valence-corrected chi connectivity index (χ2v) is 2.47. The van der Waals surface area contributed by atoms with E-state index in [1.807, 2.05) is 13.0 Å². The van der Waals surface area contributed by atoms with E-state index in [0.29, 0.717) is 11.6 Å². The summed E-state index contributed by atoms with van der Waals surface area (Å²) in [6.07, 6.45) is 1.92. The molecule has 10 heavy (non-hydrogen) atoms. The van der Waals surface area contributed by atoms with Crippen LogP contribution in [-0.2, 0) is 0 Å². The quantitative estimate of drug-likeness (QED) is 0.602. The Balaban J connectivity index is 3.95. The Morgan fingerprint density at radius 3 is 2.60 bits per heavy atom. The van der Waals surface area contributed by atoms with Crippen LogP contribution in [0.4, 0.5) is 0 Å². The second kappa shape index (κ2) is 4.87. The number of allylic oxidation sites excluding steroid dienone is 2. The maximum Gasteiger partial charge on any atom is 0.117 e. The number of nitrogens with zero attached hydrogens (tertiary/aromatic N) is 1. The Labute approximate surface area is 62.5 Å². The van der Waals surface area contributed by atoms with Gasteiger partial charge in [0.15, 0.2) is 0 Å². The third kappa shape index (κ3) is 3.96. The lowest BCUT2D eigenvalue weighted by atomic mass is 10.2. The summed E-state index contributed by atoms with van der Waals surface area (Å²) in [7, 11) is 0. The van der Waals surface area contributed by atoms with E-state index < -0.39 is 0 Å². The van der Waals surface area contributed by atoms with Crippen LogP contribution < -0.4 is 5.32 Å². The topological polar surface area (TPSA) is 35.8 Å². The van der Waals surface area contributed by atoms with Crippen LogP contribution in [0.2, 0.25) is 0 Å². The van der Waals surface area contributed by atoms with Crippen molar-refractivity contribution in [3.05, 3.63) is 11.8 Å². The molecule has 0 radical (unpaired) electrons. The van der Waals surface area contributed by atoms with Crippen LogP contribution in [0.15, 0.2) is 11.8 Å². The molecule has 0 amide bonds. The minimum absolute atomic E-state index is 0.439. The van der Waals surface area contributed by atoms with Gasteiger partial charge in [0.2, 0.25) is 0 Å². The van der Waals surface area contributed by atoms with E-state index in [1.54, 1.807) is 0 Å². The molecule has 56 valence electrons. The van der Waals surface area contributed by atoms with E-state index in [9.17, 15) is 0 Å². The van der Waals surface area contributed by atoms with E-state index in [1.165, 1.54) is 0 Å². The van der Waals surface area contributed by atoms with Crippen molar-refractivity contribution in [3.8, 4) is 6.07 Å². The van der Waals surface area contributed by atoms with E-state index in [4.69, 9.17) is 5.26 Å². The van der Waals surface area contributed by atoms with Crippen molar-refractivity contribution in [1.29, 1.82) is 5.26 Å². The zero-order valence-electron chi connectivity index (χ0n) is 6.81. The van der Waals surface area contributed by atoms with Crippen molar-refractivity contribution < 1.29 is 0 Å². The first-order valence-corrected chi connectivity index (χ1v) is 3.56. The lowest BCUT2D eigenvalue weighted by Crippen LogP contribution is -2.11. The molecule has 0 bridgehead atoms. The van der Waals surface area contributed by atoms with E-state index >= 15 is 0 Å². The maximum atomic E-state index is 8.53. The molecule has 0 aliphatic heterocycles. The summed E-state index contributed by atoms with van der Waals surface area (Å²) in [5.74, 6) is 0.439. The molecular formula is C8H14N2. The van der Waals surface area contributed by atoms with Gasteiger partial charge in [0.25, 0.3) is 0 Å². The van der Waals surface area contributed by atoms with Crippen LogP contribution >= 0.6 is 0 Å². The Kier molecular flexibility index (Phi) is 4.39. The first-order chi connectivity index (χ1) is 4.70. The Morgan fingerprint density at radius 1 is 1.70 bits per heavy atom. The number of rotatable bonds is 3. The number of nitrogens with one attached hydrogen (secondary N) is 1. The molecule has 0 aliphatic rings. The first kappa shape index (κ1) is 9.03. The van der Waals surface area contributed by atoms with Crippen LogP contribution in [0.5, 0.6) is 0 Å². The fourth-order valence-electron chi connectivity index (χ4n) is 0.660. The zero-order valence-corrected chi connectivity index (χ0v) is 6.81. The van der Waals surface area contributed by atoms with Crippen LogP contribution in [0.1, 0.15) is 20.8 Å². The highest BCUT2D eigenvalue weighted by Crippen LogP contribution is 1.97. The molecule has 0 unspecified atom stereocenters. The molecule has 0 atom stereocenters. The van der Waals surface area contributed by atoms with E-state index in [-0.39, 0.29) is 0 Å². The first-order valence-electron chi connectivity index (χ1n) is 3.56. The molecule has 0 fully saturated rings. The summed E-state index contributed by atoms with van der Waals surface area (Å²) in [4.78, 5) is 0. The number of hydrogen-bond acceptors (Lipinski definition) is 2. The van der Waals surface area contributed by atoms with E-state index in [2.05, 4.69) is 25.2 Å². The molecule has 0 aromatic heterocycles. The largest absolute Gasteiger partial charge is 0.377 e. The van der Waals surface area contributed by atoms with Gasteiger partial charge in [0, 0.05) is 6.54 Å². The monoisotopic (exact) mass is 138 g/mol. The van der Waals surface area contributed by atoms with Gasteiger partial charge in [0.05, 0.1) is 0 Å². The SMILES string of the molecule is CCN/C(C#N)=C\C(C)C. The average molecular weight is 138 g/mol. The summed E-state index contributed by atoms with van der Waals surface area (Å²) < 4.78 is 0. The molecule has 0 spiro atoms. The molecular weight excluding hydrogens is 124 g/mol. The molecule has 0 saturated heterocycles. The summed E-state index contributed by atoms with van der Waals surface area (Å²) in [6, 6.07) is 2.08. The van der Waals surface area contributed by atoms with Gasteiger partial charge in [-0.1, -0.05) is 13.8 Å². The van der Waals surface area contributed by atoms with Crippen molar-refractivity contribution in [2.75, 3.05) is 6.54 Å². The highest BCUT2D eigenvalue weighted by atomic mass is 14.9. The van der Waals surface area contributed by atoms with Crippen molar-refractivity contribution in [2.24, 2.45) is 5.92 Å². The van der Waals surface area contributed by atoms with Gasteiger partial charge in [-0.2, -0.15) is 5.26 Å². The summed E-state index contributed by atoms with van der Waals surface area (Å²) in [5.41, 5.74) is 0.678. The number of nitriles is 1. The highest BCUT2D eigenvalue weighted by Gasteiger charge is 1.92. The van der Waals surface area contributed by atoms with Crippen molar-refractivity contribution in [1.82, 2.24) is 5.32 Å². The lowest BCUT2D eigenvalue weighted by molar-refractivity contribution is 0.793. The van der Waals surface area contributed by atoms with Gasteiger partial charge in [-0.05, 0) is 18.9 Å². The Hall–Kier alpha value is -0.970. The van der Waals surface area contributed by atoms with Gasteiger partial charge in [-0.15, -0.1) is 0 Å². The molecule has 0 heterocycles. The van der Waals surface area contributed by atoms with Crippen molar-refractivity contribution in [2.45, 2.75) is 20.8 Å². The average Bonchev–Trinajstić information content (AvgIpc) is 1.86. The van der Waals surface area contributed by atoms with Gasteiger partial charge >= 0.3 is 0 Å². The molecule has 0 aromatic rings. The smallest absolute Gasteiger partial charge is 0.117 e. The lowest BCUT2D eigenvalue weighted by Gasteiger charge is -2.00. The van der Waals surface area contributed by atoms with Crippen LogP contribution in [0.3, 0.4) is 0 Å². The van der Waals surface area contributed by atoms with E-state index in [0.717, 1.165) is 6.54 Å². The minimum Gasteiger partial charge on any atom is -0.377 e. The molecule has 2 heteroatoms. The third-order valence-corrected chi connectivity index (χ3v) is 0.988. The summed E-state index contributed by atoms with van der Waals surface area (Å²) in [5, 5.41) is 11.5. The van der Waals surface area contributed by atoms with Crippen molar-refractivity contribution >= 4 is 0 Å². The minimum atomic E-state index is 0.439. The normalized spacial score (nSPS) is 11.3. The highest BCUT2D eigenvalue weighted by molar-refractivity contribution is 5.18. The fourth-order valence-corrected chi connectivity index (χ4v) is 0.660. The molecule has 0 saturated carbocycles. The Bertz CT molecular complexity index is 151. The van der Waals surface area contributed by atoms with Crippen LogP contribution in [0, 0.1) is 17.2 Å². The predicted octanol–water partition coefficient (Wildman–Crippen LogP) is 1.66. The third-order valence-electron chi connectivity index (χ3n) is 0.988. The molecule has 2 nitrogen and oxygen atoms in total. The maximum absolute atomic E-state index is 8.53. The summed E-state index contributed by atoms with van der Waals surface area (Å²) >= 11 is 0. The zero-order chi connectivity index (χ0) is 7.98.